The number of carbonyl (C=O) groups excluding carboxylic acids is 2. The fourth-order valence-corrected chi connectivity index (χ4v) is 3.91. The fourth-order valence-electron chi connectivity index (χ4n) is 3.64. The molecule has 6 heteroatoms. The molecule has 5 nitrogen and oxygen atoms in total. The monoisotopic (exact) mass is 478 g/mol. The number of ether oxygens (including phenoxy) is 1. The van der Waals surface area contributed by atoms with E-state index < -0.39 is 6.09 Å². The molecule has 0 unspecified atom stereocenters. The third-order valence-corrected chi connectivity index (χ3v) is 5.89. The lowest BCUT2D eigenvalue weighted by atomic mass is 10.0. The summed E-state index contributed by atoms with van der Waals surface area (Å²) in [5.41, 5.74) is 2.64. The van der Waals surface area contributed by atoms with E-state index in [1.54, 1.807) is 0 Å². The molecule has 158 valence electrons. The van der Waals surface area contributed by atoms with Crippen molar-refractivity contribution in [2.24, 2.45) is 11.8 Å². The van der Waals surface area contributed by atoms with E-state index in [0.29, 0.717) is 6.42 Å². The zero-order chi connectivity index (χ0) is 21.6. The lowest BCUT2D eigenvalue weighted by Gasteiger charge is -2.19. The lowest BCUT2D eigenvalue weighted by molar-refractivity contribution is -0.117. The molecule has 31 heavy (non-hydrogen) atoms. The molecule has 0 aromatic heterocycles. The Kier molecular flexibility index (Phi) is 6.67. The number of amides is 2. The number of hydrogen-bond acceptors (Lipinski definition) is 3. The van der Waals surface area contributed by atoms with E-state index in [1.807, 2.05) is 84.9 Å². The maximum absolute atomic E-state index is 12.7. The molecule has 3 aromatic carbocycles. The second-order valence-corrected chi connectivity index (χ2v) is 8.51. The molecular formula is C25H23BrN2O3. The van der Waals surface area contributed by atoms with Crippen LogP contribution in [0.3, 0.4) is 0 Å². The molecule has 1 aliphatic rings. The highest BCUT2D eigenvalue weighted by Gasteiger charge is 2.48. The van der Waals surface area contributed by atoms with Crippen molar-refractivity contribution in [2.45, 2.75) is 19.1 Å². The molecule has 0 heterocycles. The minimum Gasteiger partial charge on any atom is -0.445 e. The van der Waals surface area contributed by atoms with Gasteiger partial charge in [-0.2, -0.15) is 0 Å². The molecule has 2 amide bonds. The highest BCUT2D eigenvalue weighted by Crippen LogP contribution is 2.48. The predicted molar refractivity (Wildman–Crippen MR) is 123 cm³/mol. The third-order valence-electron chi connectivity index (χ3n) is 5.36. The predicted octanol–water partition coefficient (Wildman–Crippen LogP) is 5.69. The number of rotatable bonds is 7. The van der Waals surface area contributed by atoms with Crippen LogP contribution in [0.5, 0.6) is 0 Å². The van der Waals surface area contributed by atoms with Crippen molar-refractivity contribution in [1.82, 2.24) is 5.32 Å². The van der Waals surface area contributed by atoms with Crippen LogP contribution in [-0.2, 0) is 16.1 Å². The molecule has 0 aliphatic heterocycles. The Balaban J connectivity index is 1.39. The minimum atomic E-state index is -0.489. The topological polar surface area (TPSA) is 67.4 Å². The van der Waals surface area contributed by atoms with E-state index in [2.05, 4.69) is 26.6 Å². The number of alkyl carbamates (subject to hydrolysis) is 1. The summed E-state index contributed by atoms with van der Waals surface area (Å²) in [6.07, 6.45) is 0.220. The van der Waals surface area contributed by atoms with Crippen molar-refractivity contribution in [3.8, 4) is 0 Å². The molecule has 3 aromatic rings. The first-order chi connectivity index (χ1) is 15.1. The first-order valence-corrected chi connectivity index (χ1v) is 11.0. The Hall–Kier alpha value is -3.12. The highest BCUT2D eigenvalue weighted by atomic mass is 79.9. The molecule has 1 saturated carbocycles. The molecule has 4 rings (SSSR count). The number of nitrogens with one attached hydrogen (secondary N) is 2. The summed E-state index contributed by atoms with van der Waals surface area (Å²) in [4.78, 5) is 25.2. The van der Waals surface area contributed by atoms with Gasteiger partial charge in [0.25, 0.3) is 0 Å². The van der Waals surface area contributed by atoms with Gasteiger partial charge in [-0.15, -0.1) is 0 Å². The fraction of sp³-hybridized carbons (Fsp3) is 0.200. The number of benzene rings is 3. The van der Waals surface area contributed by atoms with Gasteiger partial charge >= 0.3 is 6.09 Å². The molecule has 1 fully saturated rings. The Morgan fingerprint density at radius 3 is 2.26 bits per heavy atom. The van der Waals surface area contributed by atoms with E-state index in [1.165, 1.54) is 0 Å². The summed E-state index contributed by atoms with van der Waals surface area (Å²) >= 11 is 3.39. The first-order valence-electron chi connectivity index (χ1n) is 10.2. The number of halogens is 1. The van der Waals surface area contributed by atoms with Crippen LogP contribution in [-0.4, -0.2) is 12.0 Å². The summed E-state index contributed by atoms with van der Waals surface area (Å²) in [5, 5.41) is 5.94. The molecule has 2 N–H and O–H groups in total. The van der Waals surface area contributed by atoms with E-state index in [0.717, 1.165) is 21.3 Å². The summed E-state index contributed by atoms with van der Waals surface area (Å²) in [5.74, 6) is -0.182. The zero-order valence-electron chi connectivity index (χ0n) is 16.8. The first kappa shape index (κ1) is 21.1. The van der Waals surface area contributed by atoms with Crippen LogP contribution in [0.2, 0.25) is 0 Å². The molecule has 0 radical (unpaired) electrons. The van der Waals surface area contributed by atoms with Gasteiger partial charge in [0.1, 0.15) is 6.61 Å². The smallest absolute Gasteiger partial charge is 0.407 e. The molecular weight excluding hydrogens is 456 g/mol. The molecule has 0 saturated heterocycles. The maximum Gasteiger partial charge on any atom is 0.407 e. The van der Waals surface area contributed by atoms with Gasteiger partial charge < -0.3 is 15.4 Å². The average Bonchev–Trinajstić information content (AvgIpc) is 3.60. The van der Waals surface area contributed by atoms with Crippen LogP contribution in [0, 0.1) is 11.8 Å². The van der Waals surface area contributed by atoms with Crippen LogP contribution in [0.4, 0.5) is 10.5 Å². The lowest BCUT2D eigenvalue weighted by Crippen LogP contribution is -2.31. The summed E-state index contributed by atoms with van der Waals surface area (Å²) in [6, 6.07) is 26.5. The molecule has 0 spiro atoms. The Labute approximate surface area is 189 Å². The van der Waals surface area contributed by atoms with E-state index in [4.69, 9.17) is 4.74 Å². The Morgan fingerprint density at radius 1 is 0.935 bits per heavy atom. The van der Waals surface area contributed by atoms with Crippen molar-refractivity contribution >= 4 is 33.6 Å². The number of anilines is 1. The van der Waals surface area contributed by atoms with Crippen molar-refractivity contribution in [1.29, 1.82) is 0 Å². The second-order valence-electron chi connectivity index (χ2n) is 7.60. The van der Waals surface area contributed by atoms with Gasteiger partial charge in [0.15, 0.2) is 0 Å². The van der Waals surface area contributed by atoms with Gasteiger partial charge in [-0.05, 0) is 47.7 Å². The van der Waals surface area contributed by atoms with Crippen LogP contribution >= 0.6 is 15.9 Å². The van der Waals surface area contributed by atoms with E-state index in [9.17, 15) is 9.59 Å². The Bertz CT molecular complexity index is 1030. The van der Waals surface area contributed by atoms with Crippen LogP contribution in [0.1, 0.15) is 23.6 Å². The largest absolute Gasteiger partial charge is 0.445 e. The third kappa shape index (κ3) is 5.73. The van der Waals surface area contributed by atoms with Gasteiger partial charge in [-0.25, -0.2) is 4.79 Å². The van der Waals surface area contributed by atoms with Gasteiger partial charge in [0, 0.05) is 16.1 Å². The summed E-state index contributed by atoms with van der Waals surface area (Å²) in [6.45, 7) is 0.201. The quantitative estimate of drug-likeness (QED) is 0.458. The van der Waals surface area contributed by atoms with Crippen LogP contribution in [0.25, 0.3) is 0 Å². The minimum absolute atomic E-state index is 0.0159. The van der Waals surface area contributed by atoms with E-state index >= 15 is 0 Å². The normalized spacial score (nSPS) is 18.0. The Morgan fingerprint density at radius 2 is 1.58 bits per heavy atom. The van der Waals surface area contributed by atoms with Gasteiger partial charge in [0.2, 0.25) is 5.91 Å². The maximum atomic E-state index is 12.7. The van der Waals surface area contributed by atoms with Crippen molar-refractivity contribution < 1.29 is 14.3 Å². The number of carbonyl (C=O) groups is 2. The summed E-state index contributed by atoms with van der Waals surface area (Å²) in [7, 11) is 0. The van der Waals surface area contributed by atoms with Gasteiger partial charge in [0.05, 0.1) is 6.04 Å². The standard InChI is InChI=1S/C25H23BrN2O3/c26-19-11-13-20(14-12-19)27-24(29)22-15-21(22)23(18-9-5-2-6-10-18)28-25(30)31-16-17-7-3-1-4-8-17/h1-14,21-23H,15-16H2,(H,27,29)(H,28,30)/t21-,22-,23+/m1/s1. The zero-order valence-corrected chi connectivity index (χ0v) is 18.4. The highest BCUT2D eigenvalue weighted by molar-refractivity contribution is 9.10. The van der Waals surface area contributed by atoms with Crippen molar-refractivity contribution in [3.05, 3.63) is 101 Å². The molecule has 1 aliphatic carbocycles. The average molecular weight is 479 g/mol. The molecule has 3 atom stereocenters. The van der Waals surface area contributed by atoms with Crippen LogP contribution < -0.4 is 10.6 Å². The summed E-state index contributed by atoms with van der Waals surface area (Å²) < 4.78 is 6.36. The van der Waals surface area contributed by atoms with Gasteiger partial charge in [-0.3, -0.25) is 4.79 Å². The van der Waals surface area contributed by atoms with E-state index in [-0.39, 0.29) is 30.4 Å². The molecule has 0 bridgehead atoms. The van der Waals surface area contributed by atoms with Crippen molar-refractivity contribution in [2.75, 3.05) is 5.32 Å². The van der Waals surface area contributed by atoms with Crippen LogP contribution in [0.15, 0.2) is 89.4 Å². The number of hydrogen-bond donors (Lipinski definition) is 2. The van der Waals surface area contributed by atoms with Gasteiger partial charge in [-0.1, -0.05) is 76.6 Å². The second kappa shape index (κ2) is 9.79. The van der Waals surface area contributed by atoms with Crippen molar-refractivity contribution in [3.63, 3.8) is 0 Å². The SMILES string of the molecule is O=C(N[C@@H](c1ccccc1)[C@@H]1C[C@H]1C(=O)Nc1ccc(Br)cc1)OCc1ccccc1.